The lowest BCUT2D eigenvalue weighted by Crippen LogP contribution is -2.48. The van der Waals surface area contributed by atoms with Crippen molar-refractivity contribution in [3.8, 4) is 5.75 Å². The van der Waals surface area contributed by atoms with Gasteiger partial charge in [-0.2, -0.15) is 4.31 Å². The van der Waals surface area contributed by atoms with E-state index in [0.717, 1.165) is 47.6 Å². The summed E-state index contributed by atoms with van der Waals surface area (Å²) in [4.78, 5) is 13.0. The van der Waals surface area contributed by atoms with E-state index in [9.17, 15) is 21.6 Å². The predicted octanol–water partition coefficient (Wildman–Crippen LogP) is 4.29. The number of carbonyl (C=O) groups is 1. The number of amides is 1. The number of rotatable bonds is 11. The van der Waals surface area contributed by atoms with E-state index in [2.05, 4.69) is 17.4 Å². The van der Waals surface area contributed by atoms with Crippen molar-refractivity contribution in [2.24, 2.45) is 17.8 Å². The summed E-state index contributed by atoms with van der Waals surface area (Å²) in [5.41, 5.74) is 2.02. The fraction of sp³-hybridized carbons (Fsp3) is 0.594. The molecule has 2 aromatic rings. The molecule has 0 radical (unpaired) electrons. The predicted molar refractivity (Wildman–Crippen MR) is 166 cm³/mol. The number of nitrogens with zero attached hydrogens (tertiary/aromatic N) is 2. The smallest absolute Gasteiger partial charge is 0.243 e. The van der Waals surface area contributed by atoms with Crippen LogP contribution in [0.4, 0.5) is 5.69 Å². The maximum Gasteiger partial charge on any atom is 0.243 e. The summed E-state index contributed by atoms with van der Waals surface area (Å²) in [6.45, 7) is 1.10. The number of nitrogens with one attached hydrogen (secondary N) is 1. The second-order valence-corrected chi connectivity index (χ2v) is 17.0. The van der Waals surface area contributed by atoms with E-state index >= 15 is 0 Å². The van der Waals surface area contributed by atoms with Crippen LogP contribution in [0, 0.1) is 17.8 Å². The Morgan fingerprint density at radius 2 is 1.47 bits per heavy atom. The van der Waals surface area contributed by atoms with Crippen LogP contribution >= 0.6 is 0 Å². The highest BCUT2D eigenvalue weighted by atomic mass is 32.2. The van der Waals surface area contributed by atoms with Crippen molar-refractivity contribution in [1.82, 2.24) is 9.62 Å². The summed E-state index contributed by atoms with van der Waals surface area (Å²) < 4.78 is 59.3. The molecule has 4 bridgehead atoms. The molecule has 4 aliphatic carbocycles. The third kappa shape index (κ3) is 6.59. The third-order valence-corrected chi connectivity index (χ3v) is 13.0. The van der Waals surface area contributed by atoms with Gasteiger partial charge in [0.15, 0.2) is 0 Å². The summed E-state index contributed by atoms with van der Waals surface area (Å²) >= 11 is 0. The van der Waals surface area contributed by atoms with E-state index in [0.29, 0.717) is 24.5 Å². The van der Waals surface area contributed by atoms with Crippen molar-refractivity contribution in [2.75, 3.05) is 43.3 Å². The summed E-state index contributed by atoms with van der Waals surface area (Å²) in [6, 6.07) is 14.1. The molecule has 234 valence electrons. The van der Waals surface area contributed by atoms with Gasteiger partial charge in [0.2, 0.25) is 26.0 Å². The van der Waals surface area contributed by atoms with Gasteiger partial charge in [-0.05, 0) is 116 Å². The Morgan fingerprint density at radius 1 is 0.884 bits per heavy atom. The Kier molecular flexibility index (Phi) is 8.52. The number of sulfonamides is 2. The topological polar surface area (TPSA) is 113 Å². The van der Waals surface area contributed by atoms with E-state index in [1.165, 1.54) is 60.5 Å². The van der Waals surface area contributed by atoms with E-state index in [1.807, 2.05) is 12.1 Å². The molecule has 1 amide bonds. The first-order valence-electron chi connectivity index (χ1n) is 15.6. The molecule has 0 unspecified atom stereocenters. The van der Waals surface area contributed by atoms with E-state index in [-0.39, 0.29) is 30.0 Å². The second kappa shape index (κ2) is 12.0. The van der Waals surface area contributed by atoms with E-state index in [4.69, 9.17) is 4.74 Å². The molecule has 0 atom stereocenters. The standard InChI is InChI=1S/C32H43N3O6S2/c1-42(37,38)35(28-7-5-27(6-8-28)32-20-24-17-25(21-32)19-26(18-24)22-32)23-31(36)33-13-16-41-29-9-11-30(12-10-29)43(39,40)34-14-3-2-4-15-34/h5-12,24-26H,2-4,13-23H2,1H3,(H,33,36). The van der Waals surface area contributed by atoms with E-state index < -0.39 is 26.0 Å². The Hall–Kier alpha value is -2.63. The van der Waals surface area contributed by atoms with Crippen LogP contribution in [0.5, 0.6) is 5.75 Å². The maximum atomic E-state index is 12.8. The molecule has 11 heteroatoms. The molecule has 9 nitrogen and oxygen atoms in total. The highest BCUT2D eigenvalue weighted by Crippen LogP contribution is 2.60. The zero-order chi connectivity index (χ0) is 30.2. The molecule has 4 saturated carbocycles. The molecule has 0 aromatic heterocycles. The average Bonchev–Trinajstić information content (AvgIpc) is 2.98. The van der Waals surface area contributed by atoms with Crippen molar-refractivity contribution in [1.29, 1.82) is 0 Å². The van der Waals surface area contributed by atoms with Crippen molar-refractivity contribution in [3.63, 3.8) is 0 Å². The zero-order valence-electron chi connectivity index (χ0n) is 24.9. The van der Waals surface area contributed by atoms with Gasteiger partial charge in [0.25, 0.3) is 0 Å². The third-order valence-electron chi connectivity index (χ3n) is 9.96. The van der Waals surface area contributed by atoms with Crippen LogP contribution in [-0.2, 0) is 30.3 Å². The molecule has 2 aromatic carbocycles. The highest BCUT2D eigenvalue weighted by molar-refractivity contribution is 7.92. The minimum absolute atomic E-state index is 0.155. The highest BCUT2D eigenvalue weighted by Gasteiger charge is 2.51. The number of hydrogen-bond acceptors (Lipinski definition) is 6. The molecule has 1 heterocycles. The number of anilines is 1. The Balaban J connectivity index is 1.01. The molecular weight excluding hydrogens is 587 g/mol. The molecule has 0 spiro atoms. The van der Waals surface area contributed by atoms with Gasteiger partial charge < -0.3 is 10.1 Å². The zero-order valence-corrected chi connectivity index (χ0v) is 26.5. The first kappa shape index (κ1) is 30.4. The SMILES string of the molecule is CS(=O)(=O)N(CC(=O)NCCOc1ccc(S(=O)(=O)N2CCCCC2)cc1)c1ccc(C23CC4CC(CC(C4)C2)C3)cc1. The number of carbonyl (C=O) groups excluding carboxylic acids is 1. The first-order chi connectivity index (χ1) is 20.5. The maximum absolute atomic E-state index is 12.8. The lowest BCUT2D eigenvalue weighted by atomic mass is 9.48. The van der Waals surface area contributed by atoms with Gasteiger partial charge in [-0.25, -0.2) is 16.8 Å². The molecule has 5 aliphatic rings. The quantitative estimate of drug-likeness (QED) is 0.371. The van der Waals surface area contributed by atoms with Gasteiger partial charge in [-0.1, -0.05) is 18.6 Å². The number of piperidine rings is 1. The average molecular weight is 630 g/mol. The van der Waals surface area contributed by atoms with E-state index in [1.54, 1.807) is 12.1 Å². The molecule has 5 fully saturated rings. The lowest BCUT2D eigenvalue weighted by molar-refractivity contribution is -0.119. The van der Waals surface area contributed by atoms with Crippen LogP contribution in [0.15, 0.2) is 53.4 Å². The van der Waals surface area contributed by atoms with Gasteiger partial charge in [0.1, 0.15) is 18.9 Å². The van der Waals surface area contributed by atoms with Gasteiger partial charge >= 0.3 is 0 Å². The van der Waals surface area contributed by atoms with Gasteiger partial charge in [-0.3, -0.25) is 9.10 Å². The van der Waals surface area contributed by atoms with Crippen molar-refractivity contribution < 1.29 is 26.4 Å². The summed E-state index contributed by atoms with van der Waals surface area (Å²) in [7, 11) is -7.19. The molecule has 1 saturated heterocycles. The monoisotopic (exact) mass is 629 g/mol. The van der Waals surface area contributed by atoms with Crippen molar-refractivity contribution >= 4 is 31.6 Å². The molecule has 7 rings (SSSR count). The van der Waals surface area contributed by atoms with Crippen LogP contribution < -0.4 is 14.4 Å². The van der Waals surface area contributed by atoms with Crippen LogP contribution in [0.25, 0.3) is 0 Å². The fourth-order valence-electron chi connectivity index (χ4n) is 8.35. The molecule has 1 aliphatic heterocycles. The van der Waals surface area contributed by atoms with Gasteiger partial charge in [0.05, 0.1) is 23.4 Å². The van der Waals surface area contributed by atoms with Crippen molar-refractivity contribution in [2.45, 2.75) is 68.1 Å². The van der Waals surface area contributed by atoms with Crippen molar-refractivity contribution in [3.05, 3.63) is 54.1 Å². The second-order valence-electron chi connectivity index (χ2n) is 13.1. The van der Waals surface area contributed by atoms with Crippen LogP contribution in [-0.4, -0.2) is 66.1 Å². The fourth-order valence-corrected chi connectivity index (χ4v) is 10.7. The Morgan fingerprint density at radius 3 is 2.02 bits per heavy atom. The summed E-state index contributed by atoms with van der Waals surface area (Å²) in [5.74, 6) is 2.54. The minimum atomic E-state index is -3.68. The number of hydrogen-bond donors (Lipinski definition) is 1. The number of ether oxygens (including phenoxy) is 1. The van der Waals surface area contributed by atoms with Crippen LogP contribution in [0.2, 0.25) is 0 Å². The van der Waals surface area contributed by atoms with Gasteiger partial charge in [-0.15, -0.1) is 0 Å². The summed E-state index contributed by atoms with van der Waals surface area (Å²) in [5, 5.41) is 2.73. The first-order valence-corrected chi connectivity index (χ1v) is 18.9. The molecular formula is C32H43N3O6S2. The van der Waals surface area contributed by atoms with Gasteiger partial charge in [0, 0.05) is 13.1 Å². The summed E-state index contributed by atoms with van der Waals surface area (Å²) in [6.07, 6.45) is 11.7. The Bertz CT molecular complexity index is 1480. The molecule has 43 heavy (non-hydrogen) atoms. The molecule has 1 N–H and O–H groups in total. The van der Waals surface area contributed by atoms with Crippen LogP contribution in [0.1, 0.15) is 63.4 Å². The van der Waals surface area contributed by atoms with Crippen LogP contribution in [0.3, 0.4) is 0 Å². The largest absolute Gasteiger partial charge is 0.492 e. The lowest BCUT2D eigenvalue weighted by Gasteiger charge is -2.57. The normalized spacial score (nSPS) is 27.1. The Labute approximate surface area is 256 Å². The minimum Gasteiger partial charge on any atom is -0.492 e. The number of benzene rings is 2.